The van der Waals surface area contributed by atoms with E-state index in [0.29, 0.717) is 0 Å². The molecule has 0 aliphatic carbocycles. The van der Waals surface area contributed by atoms with E-state index >= 15 is 0 Å². The van der Waals surface area contributed by atoms with E-state index in [9.17, 15) is 5.11 Å². The van der Waals surface area contributed by atoms with E-state index in [2.05, 4.69) is 20.8 Å². The number of hydrogen-bond donors (Lipinski definition) is 1. The SMILES string of the molecule is CC=C(C)Br.CC=C(C)C(O)(CCN(C)C)C(C)=CC. The quantitative estimate of drug-likeness (QED) is 0.715. The first kappa shape index (κ1) is 21.9. The second-order valence-electron chi connectivity index (χ2n) is 5.23. The van der Waals surface area contributed by atoms with Crippen LogP contribution in [0, 0.1) is 0 Å². The summed E-state index contributed by atoms with van der Waals surface area (Å²) in [4.78, 5) is 2.09. The molecule has 0 amide bonds. The highest BCUT2D eigenvalue weighted by Gasteiger charge is 2.29. The summed E-state index contributed by atoms with van der Waals surface area (Å²) in [7, 11) is 4.05. The molecule has 0 heterocycles. The first-order chi connectivity index (χ1) is 9.15. The molecule has 0 saturated carbocycles. The van der Waals surface area contributed by atoms with Gasteiger partial charge in [-0.05, 0) is 77.7 Å². The van der Waals surface area contributed by atoms with Gasteiger partial charge in [0.25, 0.3) is 0 Å². The lowest BCUT2D eigenvalue weighted by atomic mass is 9.84. The molecule has 118 valence electrons. The number of nitrogens with zero attached hydrogens (tertiary/aromatic N) is 1. The maximum atomic E-state index is 10.6. The van der Waals surface area contributed by atoms with Crippen molar-refractivity contribution in [3.8, 4) is 0 Å². The summed E-state index contributed by atoms with van der Waals surface area (Å²) in [5.41, 5.74) is 1.29. The molecule has 0 rings (SSSR count). The van der Waals surface area contributed by atoms with Gasteiger partial charge in [-0.25, -0.2) is 0 Å². The first-order valence-corrected chi connectivity index (χ1v) is 7.87. The van der Waals surface area contributed by atoms with Crippen molar-refractivity contribution in [2.75, 3.05) is 20.6 Å². The lowest BCUT2D eigenvalue weighted by Gasteiger charge is -2.31. The molecule has 0 bridgehead atoms. The van der Waals surface area contributed by atoms with E-state index in [4.69, 9.17) is 0 Å². The molecule has 0 saturated heterocycles. The molecule has 0 radical (unpaired) electrons. The largest absolute Gasteiger partial charge is 0.381 e. The van der Waals surface area contributed by atoms with Gasteiger partial charge in [-0.3, -0.25) is 0 Å². The zero-order valence-electron chi connectivity index (χ0n) is 14.4. The van der Waals surface area contributed by atoms with Crippen molar-refractivity contribution in [2.45, 2.75) is 53.6 Å². The highest BCUT2D eigenvalue weighted by atomic mass is 79.9. The van der Waals surface area contributed by atoms with Gasteiger partial charge in [0.15, 0.2) is 0 Å². The Hall–Kier alpha value is -0.380. The van der Waals surface area contributed by atoms with Crippen LogP contribution in [-0.2, 0) is 0 Å². The minimum absolute atomic E-state index is 0.742. The van der Waals surface area contributed by atoms with Crippen molar-refractivity contribution >= 4 is 15.9 Å². The first-order valence-electron chi connectivity index (χ1n) is 7.07. The summed E-state index contributed by atoms with van der Waals surface area (Å²) in [5, 5.41) is 10.6. The maximum Gasteiger partial charge on any atom is 0.107 e. The Balaban J connectivity index is 0. The molecule has 0 spiro atoms. The number of allylic oxidation sites excluding steroid dienone is 4. The van der Waals surface area contributed by atoms with E-state index < -0.39 is 5.60 Å². The standard InChI is InChI=1S/C13H25NO.C4H7Br/c1-7-11(3)13(15,12(4)8-2)9-10-14(5)6;1-3-4(2)5/h7-8,15H,9-10H2,1-6H3;3H,1-2H3. The Kier molecular flexibility index (Phi) is 12.4. The van der Waals surface area contributed by atoms with E-state index in [1.165, 1.54) is 4.48 Å². The monoisotopic (exact) mass is 345 g/mol. The highest BCUT2D eigenvalue weighted by Crippen LogP contribution is 2.29. The van der Waals surface area contributed by atoms with Gasteiger partial charge in [0.05, 0.1) is 0 Å². The van der Waals surface area contributed by atoms with Crippen molar-refractivity contribution in [1.82, 2.24) is 4.90 Å². The van der Waals surface area contributed by atoms with Crippen LogP contribution >= 0.6 is 15.9 Å². The third kappa shape index (κ3) is 8.72. The minimum atomic E-state index is -0.770. The van der Waals surface area contributed by atoms with Gasteiger partial charge in [0.2, 0.25) is 0 Å². The summed E-state index contributed by atoms with van der Waals surface area (Å²) >= 11 is 3.23. The third-order valence-electron chi connectivity index (χ3n) is 3.49. The molecule has 0 aliphatic heterocycles. The van der Waals surface area contributed by atoms with Gasteiger partial charge in [-0.1, -0.05) is 34.2 Å². The van der Waals surface area contributed by atoms with E-state index in [1.54, 1.807) is 0 Å². The van der Waals surface area contributed by atoms with Gasteiger partial charge in [0, 0.05) is 6.54 Å². The lowest BCUT2D eigenvalue weighted by Crippen LogP contribution is -2.35. The normalized spacial score (nSPS) is 16.6. The predicted octanol–water partition coefficient (Wildman–Crippen LogP) is 4.91. The van der Waals surface area contributed by atoms with Gasteiger partial charge < -0.3 is 10.0 Å². The average molecular weight is 346 g/mol. The number of rotatable bonds is 5. The van der Waals surface area contributed by atoms with Crippen molar-refractivity contribution in [3.05, 3.63) is 33.9 Å². The second-order valence-corrected chi connectivity index (χ2v) is 6.48. The van der Waals surface area contributed by atoms with Crippen molar-refractivity contribution < 1.29 is 5.11 Å². The fraction of sp³-hybridized carbons (Fsp3) is 0.647. The highest BCUT2D eigenvalue weighted by molar-refractivity contribution is 9.11. The van der Waals surface area contributed by atoms with Gasteiger partial charge in [-0.2, -0.15) is 0 Å². The van der Waals surface area contributed by atoms with Crippen LogP contribution < -0.4 is 0 Å². The zero-order chi connectivity index (χ0) is 16.3. The van der Waals surface area contributed by atoms with Crippen LogP contribution in [0.4, 0.5) is 0 Å². The molecular weight excluding hydrogens is 314 g/mol. The number of halogens is 1. The van der Waals surface area contributed by atoms with Crippen molar-refractivity contribution in [2.24, 2.45) is 0 Å². The number of aliphatic hydroxyl groups is 1. The molecule has 1 N–H and O–H groups in total. The molecule has 3 heteroatoms. The molecule has 0 atom stereocenters. The Morgan fingerprint density at radius 2 is 1.35 bits per heavy atom. The summed E-state index contributed by atoms with van der Waals surface area (Å²) in [6.07, 6.45) is 6.72. The molecule has 2 nitrogen and oxygen atoms in total. The molecule has 0 aromatic rings. The average Bonchev–Trinajstić information content (AvgIpc) is 2.43. The predicted molar refractivity (Wildman–Crippen MR) is 95.3 cm³/mol. The summed E-state index contributed by atoms with van der Waals surface area (Å²) in [6.45, 7) is 12.8. The van der Waals surface area contributed by atoms with Gasteiger partial charge in [-0.15, -0.1) is 0 Å². The zero-order valence-corrected chi connectivity index (χ0v) is 16.0. The van der Waals surface area contributed by atoms with E-state index in [-0.39, 0.29) is 0 Å². The molecule has 0 fully saturated rings. The second kappa shape index (κ2) is 11.3. The summed E-state index contributed by atoms with van der Waals surface area (Å²) < 4.78 is 1.19. The van der Waals surface area contributed by atoms with Gasteiger partial charge in [0.1, 0.15) is 5.60 Å². The van der Waals surface area contributed by atoms with Crippen LogP contribution in [0.3, 0.4) is 0 Å². The molecule has 0 aromatic carbocycles. The Morgan fingerprint density at radius 3 is 1.55 bits per heavy atom. The number of hydrogen-bond acceptors (Lipinski definition) is 2. The molecule has 0 aromatic heterocycles. The van der Waals surface area contributed by atoms with Crippen LogP contribution in [-0.4, -0.2) is 36.2 Å². The molecule has 20 heavy (non-hydrogen) atoms. The summed E-state index contributed by atoms with van der Waals surface area (Å²) in [5.74, 6) is 0. The van der Waals surface area contributed by atoms with Crippen LogP contribution in [0.25, 0.3) is 0 Å². The Bertz CT molecular complexity index is 332. The van der Waals surface area contributed by atoms with Crippen LogP contribution in [0.5, 0.6) is 0 Å². The smallest absolute Gasteiger partial charge is 0.107 e. The van der Waals surface area contributed by atoms with Crippen LogP contribution in [0.15, 0.2) is 33.9 Å². The minimum Gasteiger partial charge on any atom is -0.381 e. The van der Waals surface area contributed by atoms with E-state index in [1.807, 2.05) is 73.9 Å². The fourth-order valence-corrected chi connectivity index (χ4v) is 1.57. The maximum absolute atomic E-state index is 10.6. The molecule has 0 aliphatic rings. The van der Waals surface area contributed by atoms with Crippen LogP contribution in [0.2, 0.25) is 0 Å². The van der Waals surface area contributed by atoms with Gasteiger partial charge >= 0.3 is 0 Å². The Morgan fingerprint density at radius 1 is 1.00 bits per heavy atom. The third-order valence-corrected chi connectivity index (χ3v) is 3.95. The molecule has 0 unspecified atom stereocenters. The lowest BCUT2D eigenvalue weighted by molar-refractivity contribution is 0.0969. The summed E-state index contributed by atoms with van der Waals surface area (Å²) in [6, 6.07) is 0. The van der Waals surface area contributed by atoms with Crippen molar-refractivity contribution in [3.63, 3.8) is 0 Å². The van der Waals surface area contributed by atoms with Crippen molar-refractivity contribution in [1.29, 1.82) is 0 Å². The van der Waals surface area contributed by atoms with E-state index in [0.717, 1.165) is 24.1 Å². The Labute approximate surface area is 134 Å². The fourth-order valence-electron chi connectivity index (χ4n) is 1.57. The topological polar surface area (TPSA) is 23.5 Å². The van der Waals surface area contributed by atoms with Crippen LogP contribution in [0.1, 0.15) is 48.0 Å². The molecular formula is C17H32BrNO.